The van der Waals surface area contributed by atoms with Crippen molar-refractivity contribution < 1.29 is 15.2 Å². The van der Waals surface area contributed by atoms with Crippen LogP contribution >= 0.6 is 0 Å². The molecule has 3 aromatic rings. The van der Waals surface area contributed by atoms with E-state index in [0.717, 1.165) is 27.4 Å². The Morgan fingerprint density at radius 1 is 1.32 bits per heavy atom. The second-order valence-electron chi connectivity index (χ2n) is 4.77. The van der Waals surface area contributed by atoms with Crippen LogP contribution in [-0.4, -0.2) is 39.3 Å². The number of carbonyl (C=O) groups is 1. The van der Waals surface area contributed by atoms with Gasteiger partial charge in [-0.1, -0.05) is 0 Å². The molecule has 3 rings (SSSR count). The lowest BCUT2D eigenvalue weighted by molar-refractivity contribution is -0.555. The summed E-state index contributed by atoms with van der Waals surface area (Å²) in [5.41, 5.74) is 2.91. The molecule has 0 amide bonds. The molecule has 22 heavy (non-hydrogen) atoms. The third-order valence-corrected chi connectivity index (χ3v) is 3.39. The number of aromatic carboxylic acids is 1. The number of rotatable bonds is 4. The highest BCUT2D eigenvalue weighted by Gasteiger charge is 2.12. The number of carboxylic acids is 1. The molecule has 0 atom stereocenters. The van der Waals surface area contributed by atoms with E-state index in [-0.39, 0.29) is 5.69 Å². The second kappa shape index (κ2) is 5.38. The van der Waals surface area contributed by atoms with Crippen molar-refractivity contribution in [2.75, 3.05) is 7.05 Å². The van der Waals surface area contributed by atoms with Gasteiger partial charge in [-0.3, -0.25) is 0 Å². The molecule has 0 radical (unpaired) electrons. The lowest BCUT2D eigenvalue weighted by Gasteiger charge is -2.00. The molecule has 110 valence electrons. The molecule has 0 saturated heterocycles. The van der Waals surface area contributed by atoms with E-state index < -0.39 is 5.97 Å². The van der Waals surface area contributed by atoms with Gasteiger partial charge in [0.1, 0.15) is 17.5 Å². The van der Waals surface area contributed by atoms with Gasteiger partial charge in [-0.25, -0.2) is 14.8 Å². The standard InChI is InChI=1S/C15H13N5O2/c1-17-5-9(4-16)8-2-11-10-3-12(15(21)22)18-7-13(10)20-14(11)19-6-8/h2-7,16-17H,1H3,(H,19,20)(H,21,22)/p+1. The normalized spacial score (nSPS) is 12.0. The van der Waals surface area contributed by atoms with Crippen molar-refractivity contribution in [2.24, 2.45) is 0 Å². The maximum absolute atomic E-state index is 11.1. The number of carboxylic acid groups (broad SMARTS) is 1. The van der Waals surface area contributed by atoms with E-state index in [0.29, 0.717) is 5.65 Å². The molecule has 0 aliphatic rings. The van der Waals surface area contributed by atoms with Gasteiger partial charge in [0, 0.05) is 28.7 Å². The van der Waals surface area contributed by atoms with Gasteiger partial charge in [-0.05, 0) is 12.1 Å². The fourth-order valence-corrected chi connectivity index (χ4v) is 2.36. The fraction of sp³-hybridized carbons (Fsp3) is 0.0667. The van der Waals surface area contributed by atoms with E-state index in [2.05, 4.69) is 15.0 Å². The quantitative estimate of drug-likeness (QED) is 0.537. The molecular formula is C15H14N5O2+. The Morgan fingerprint density at radius 2 is 2.14 bits per heavy atom. The molecule has 7 nitrogen and oxygen atoms in total. The summed E-state index contributed by atoms with van der Waals surface area (Å²) in [6.45, 7) is 0. The zero-order valence-corrected chi connectivity index (χ0v) is 11.8. The number of nitrogens with zero attached hydrogens (tertiary/aromatic N) is 2. The monoisotopic (exact) mass is 296 g/mol. The molecule has 0 aromatic carbocycles. The fourth-order valence-electron chi connectivity index (χ4n) is 2.36. The van der Waals surface area contributed by atoms with Gasteiger partial charge in [0.25, 0.3) is 0 Å². The highest BCUT2D eigenvalue weighted by Crippen LogP contribution is 2.26. The predicted molar refractivity (Wildman–Crippen MR) is 83.0 cm³/mol. The zero-order valence-electron chi connectivity index (χ0n) is 11.8. The van der Waals surface area contributed by atoms with Crippen LogP contribution in [0.4, 0.5) is 0 Å². The Labute approximate surface area is 125 Å². The third-order valence-electron chi connectivity index (χ3n) is 3.39. The molecular weight excluding hydrogens is 282 g/mol. The van der Waals surface area contributed by atoms with Crippen LogP contribution in [0.15, 0.2) is 30.7 Å². The summed E-state index contributed by atoms with van der Waals surface area (Å²) >= 11 is 0. The van der Waals surface area contributed by atoms with Crippen molar-refractivity contribution in [3.8, 4) is 0 Å². The van der Waals surface area contributed by atoms with Gasteiger partial charge in [0.15, 0.2) is 0 Å². The number of pyridine rings is 2. The van der Waals surface area contributed by atoms with E-state index in [9.17, 15) is 4.79 Å². The molecule has 0 bridgehead atoms. The minimum absolute atomic E-state index is 0.0106. The minimum atomic E-state index is -1.07. The Bertz CT molecular complexity index is 926. The van der Waals surface area contributed by atoms with Crippen LogP contribution in [0.25, 0.3) is 27.5 Å². The number of hydrogen-bond acceptors (Lipinski definition) is 4. The second-order valence-corrected chi connectivity index (χ2v) is 4.77. The number of fused-ring (bicyclic) bond motifs is 3. The Hall–Kier alpha value is -3.06. The predicted octanol–water partition coefficient (Wildman–Crippen LogP) is 0.993. The topological polar surface area (TPSA) is 119 Å². The first-order valence-electron chi connectivity index (χ1n) is 6.65. The summed E-state index contributed by atoms with van der Waals surface area (Å²) in [5.74, 6) is -1.07. The molecule has 3 aromatic heterocycles. The van der Waals surface area contributed by atoms with Crippen molar-refractivity contribution in [3.05, 3.63) is 42.0 Å². The van der Waals surface area contributed by atoms with Crippen LogP contribution in [0.5, 0.6) is 0 Å². The maximum atomic E-state index is 11.1. The van der Waals surface area contributed by atoms with Gasteiger partial charge in [-0.2, -0.15) is 0 Å². The first-order chi connectivity index (χ1) is 10.6. The molecule has 0 aliphatic heterocycles. The minimum Gasteiger partial charge on any atom is -0.477 e. The molecule has 0 saturated carbocycles. The maximum Gasteiger partial charge on any atom is 0.354 e. The zero-order chi connectivity index (χ0) is 15.7. The lowest BCUT2D eigenvalue weighted by Crippen LogP contribution is -2.72. The number of hydrogen-bond donors (Lipinski definition) is 4. The number of nitrogens with two attached hydrogens (primary N) is 1. The summed E-state index contributed by atoms with van der Waals surface area (Å²) in [7, 11) is 1.88. The number of aromatic nitrogens is 3. The molecule has 0 aliphatic carbocycles. The van der Waals surface area contributed by atoms with Gasteiger partial charge in [-0.15, -0.1) is 0 Å². The molecule has 5 N–H and O–H groups in total. The van der Waals surface area contributed by atoms with Crippen molar-refractivity contribution in [2.45, 2.75) is 0 Å². The molecule has 3 heterocycles. The highest BCUT2D eigenvalue weighted by atomic mass is 16.4. The van der Waals surface area contributed by atoms with E-state index in [1.54, 1.807) is 6.20 Å². The van der Waals surface area contributed by atoms with Gasteiger partial charge in [0.05, 0.1) is 24.3 Å². The number of aromatic amines is 1. The number of nitrogens with one attached hydrogen (secondary N) is 2. The van der Waals surface area contributed by atoms with Crippen LogP contribution in [-0.2, 0) is 0 Å². The molecule has 0 spiro atoms. The average Bonchev–Trinajstić information content (AvgIpc) is 2.89. The Kier molecular flexibility index (Phi) is 3.40. The largest absolute Gasteiger partial charge is 0.477 e. The van der Waals surface area contributed by atoms with Crippen molar-refractivity contribution in [3.63, 3.8) is 0 Å². The smallest absolute Gasteiger partial charge is 0.354 e. The van der Waals surface area contributed by atoms with Crippen LogP contribution in [0.2, 0.25) is 0 Å². The number of allylic oxidation sites excluding steroid dienone is 1. The summed E-state index contributed by atoms with van der Waals surface area (Å²) in [6, 6.07) is 3.43. The molecule has 0 unspecified atom stereocenters. The first kappa shape index (κ1) is 13.9. The Balaban J connectivity index is 2.27. The number of quaternary nitrogens is 1. The van der Waals surface area contributed by atoms with E-state index >= 15 is 0 Å². The molecule has 7 heteroatoms. The van der Waals surface area contributed by atoms with E-state index in [4.69, 9.17) is 10.5 Å². The van der Waals surface area contributed by atoms with E-state index in [1.165, 1.54) is 18.5 Å². The molecule has 0 fully saturated rings. The SMILES string of the molecule is C[NH2+]C=C(C=N)c1cnc2[nH]c3cnc(C(=O)O)cc3c2c1. The third kappa shape index (κ3) is 2.23. The van der Waals surface area contributed by atoms with E-state index in [1.807, 2.05) is 24.6 Å². The van der Waals surface area contributed by atoms with Crippen LogP contribution < -0.4 is 5.32 Å². The average molecular weight is 296 g/mol. The number of H-pyrrole nitrogens is 1. The highest BCUT2D eigenvalue weighted by molar-refractivity contribution is 6.12. The van der Waals surface area contributed by atoms with Crippen LogP contribution in [0.1, 0.15) is 16.1 Å². The van der Waals surface area contributed by atoms with Crippen molar-refractivity contribution in [1.29, 1.82) is 5.41 Å². The van der Waals surface area contributed by atoms with Gasteiger partial charge < -0.3 is 20.8 Å². The summed E-state index contributed by atoms with van der Waals surface area (Å²) in [4.78, 5) is 22.4. The van der Waals surface area contributed by atoms with Crippen molar-refractivity contribution in [1.82, 2.24) is 15.0 Å². The summed E-state index contributed by atoms with van der Waals surface area (Å²) < 4.78 is 0. The first-order valence-corrected chi connectivity index (χ1v) is 6.65. The van der Waals surface area contributed by atoms with Crippen LogP contribution in [0.3, 0.4) is 0 Å². The van der Waals surface area contributed by atoms with Crippen molar-refractivity contribution >= 4 is 39.7 Å². The van der Waals surface area contributed by atoms with Gasteiger partial charge in [0.2, 0.25) is 0 Å². The lowest BCUT2D eigenvalue weighted by atomic mass is 10.1. The van der Waals surface area contributed by atoms with Crippen LogP contribution in [0, 0.1) is 5.41 Å². The summed E-state index contributed by atoms with van der Waals surface area (Å²) in [6.07, 6.45) is 6.27. The summed E-state index contributed by atoms with van der Waals surface area (Å²) in [5, 5.41) is 20.0. The Morgan fingerprint density at radius 3 is 2.82 bits per heavy atom. The van der Waals surface area contributed by atoms with Gasteiger partial charge >= 0.3 is 5.97 Å².